The van der Waals surface area contributed by atoms with E-state index >= 15 is 0 Å². The predicted octanol–water partition coefficient (Wildman–Crippen LogP) is 3.27. The second-order valence-corrected chi connectivity index (χ2v) is 6.14. The van der Waals surface area contributed by atoms with E-state index in [-0.39, 0.29) is 13.2 Å². The van der Waals surface area contributed by atoms with Crippen molar-refractivity contribution in [1.29, 1.82) is 0 Å². The van der Waals surface area contributed by atoms with Crippen LogP contribution >= 0.6 is 0 Å². The number of hydrogen-bond donors (Lipinski definition) is 1. The normalized spacial score (nSPS) is 14.1. The molecule has 1 unspecified atom stereocenters. The van der Waals surface area contributed by atoms with Crippen molar-refractivity contribution in [2.24, 2.45) is 0 Å². The summed E-state index contributed by atoms with van der Waals surface area (Å²) in [4.78, 5) is 11.5. The van der Waals surface area contributed by atoms with Gasteiger partial charge in [0.15, 0.2) is 6.10 Å². The van der Waals surface area contributed by atoms with Crippen molar-refractivity contribution in [2.45, 2.75) is 38.4 Å². The molecule has 2 aromatic carbocycles. The summed E-state index contributed by atoms with van der Waals surface area (Å²) in [5.74, 6) is -0.465. The van der Waals surface area contributed by atoms with Crippen LogP contribution in [0.5, 0.6) is 0 Å². The quantitative estimate of drug-likeness (QED) is 0.486. The SMILES string of the molecule is C=CC(O)[C@@H](OCc1ccccc1)[C@@H](COCc1ccccc1)OC(C)=O. The summed E-state index contributed by atoms with van der Waals surface area (Å²) in [6.07, 6.45) is -1.19. The highest BCUT2D eigenvalue weighted by molar-refractivity contribution is 5.66. The van der Waals surface area contributed by atoms with Crippen LogP contribution in [-0.4, -0.2) is 36.0 Å². The van der Waals surface area contributed by atoms with E-state index in [4.69, 9.17) is 14.2 Å². The molecule has 0 aromatic heterocycles. The zero-order valence-electron chi connectivity index (χ0n) is 15.5. The van der Waals surface area contributed by atoms with E-state index in [0.717, 1.165) is 11.1 Å². The third-order valence-electron chi connectivity index (χ3n) is 3.94. The molecule has 27 heavy (non-hydrogen) atoms. The Labute approximate surface area is 160 Å². The van der Waals surface area contributed by atoms with Gasteiger partial charge in [0.05, 0.1) is 19.8 Å². The summed E-state index contributed by atoms with van der Waals surface area (Å²) in [7, 11) is 0. The lowest BCUT2D eigenvalue weighted by molar-refractivity contribution is -0.169. The van der Waals surface area contributed by atoms with Crippen molar-refractivity contribution in [3.8, 4) is 0 Å². The van der Waals surface area contributed by atoms with Crippen LogP contribution in [0.4, 0.5) is 0 Å². The van der Waals surface area contributed by atoms with Crippen LogP contribution in [0.1, 0.15) is 18.1 Å². The van der Waals surface area contributed by atoms with Gasteiger partial charge in [-0.1, -0.05) is 66.7 Å². The van der Waals surface area contributed by atoms with Crippen molar-refractivity contribution in [3.63, 3.8) is 0 Å². The number of benzene rings is 2. The van der Waals surface area contributed by atoms with Crippen LogP contribution in [0.15, 0.2) is 73.3 Å². The molecule has 144 valence electrons. The molecule has 3 atom stereocenters. The molecule has 0 radical (unpaired) electrons. The molecule has 0 bridgehead atoms. The molecular weight excluding hydrogens is 344 g/mol. The standard InChI is InChI=1S/C22H26O5/c1-3-20(24)22(26-15-19-12-8-5-9-13-19)21(27-17(2)23)16-25-14-18-10-6-4-7-11-18/h3-13,20-22,24H,1,14-16H2,2H3/t20?,21-,22-/m1/s1. The lowest BCUT2D eigenvalue weighted by Crippen LogP contribution is -2.43. The van der Waals surface area contributed by atoms with Crippen molar-refractivity contribution in [1.82, 2.24) is 0 Å². The van der Waals surface area contributed by atoms with Gasteiger partial charge in [-0.05, 0) is 11.1 Å². The first-order valence-electron chi connectivity index (χ1n) is 8.85. The molecule has 0 aliphatic carbocycles. The third-order valence-corrected chi connectivity index (χ3v) is 3.94. The Kier molecular flexibility index (Phi) is 8.71. The van der Waals surface area contributed by atoms with Gasteiger partial charge in [-0.2, -0.15) is 0 Å². The average molecular weight is 370 g/mol. The van der Waals surface area contributed by atoms with Crippen molar-refractivity contribution >= 4 is 5.97 Å². The highest BCUT2D eigenvalue weighted by Gasteiger charge is 2.30. The minimum Gasteiger partial charge on any atom is -0.457 e. The maximum Gasteiger partial charge on any atom is 0.303 e. The number of esters is 1. The summed E-state index contributed by atoms with van der Waals surface area (Å²) < 4.78 is 16.9. The first kappa shape index (κ1) is 20.8. The Hall–Kier alpha value is -2.47. The summed E-state index contributed by atoms with van der Waals surface area (Å²) in [6, 6.07) is 19.2. The number of aliphatic hydroxyl groups is 1. The molecule has 0 aliphatic heterocycles. The Morgan fingerprint density at radius 2 is 1.59 bits per heavy atom. The van der Waals surface area contributed by atoms with Gasteiger partial charge < -0.3 is 19.3 Å². The predicted molar refractivity (Wildman–Crippen MR) is 103 cm³/mol. The zero-order valence-corrected chi connectivity index (χ0v) is 15.5. The smallest absolute Gasteiger partial charge is 0.303 e. The largest absolute Gasteiger partial charge is 0.457 e. The number of hydrogen-bond acceptors (Lipinski definition) is 5. The molecule has 5 nitrogen and oxygen atoms in total. The zero-order chi connectivity index (χ0) is 19.5. The molecule has 2 aromatic rings. The van der Waals surface area contributed by atoms with E-state index in [2.05, 4.69) is 6.58 Å². The van der Waals surface area contributed by atoms with Crippen molar-refractivity contribution < 1.29 is 24.1 Å². The van der Waals surface area contributed by atoms with Gasteiger partial charge in [-0.25, -0.2) is 0 Å². The topological polar surface area (TPSA) is 65.0 Å². The monoisotopic (exact) mass is 370 g/mol. The van der Waals surface area contributed by atoms with Crippen LogP contribution in [0.2, 0.25) is 0 Å². The van der Waals surface area contributed by atoms with Gasteiger partial charge in [-0.3, -0.25) is 4.79 Å². The van der Waals surface area contributed by atoms with Crippen molar-refractivity contribution in [3.05, 3.63) is 84.4 Å². The highest BCUT2D eigenvalue weighted by atomic mass is 16.6. The minimum absolute atomic E-state index is 0.0961. The molecule has 0 aliphatic rings. The number of carbonyl (C=O) groups is 1. The summed E-state index contributed by atoms with van der Waals surface area (Å²) in [5, 5.41) is 10.3. The molecule has 2 rings (SSSR count). The van der Waals surface area contributed by atoms with Crippen LogP contribution < -0.4 is 0 Å². The Morgan fingerprint density at radius 3 is 2.11 bits per heavy atom. The van der Waals surface area contributed by atoms with Crippen molar-refractivity contribution in [2.75, 3.05) is 6.61 Å². The molecule has 0 saturated heterocycles. The molecule has 5 heteroatoms. The highest BCUT2D eigenvalue weighted by Crippen LogP contribution is 2.15. The fraction of sp³-hybridized carbons (Fsp3) is 0.318. The first-order valence-corrected chi connectivity index (χ1v) is 8.85. The van der Waals surface area contributed by atoms with E-state index in [9.17, 15) is 9.90 Å². The Bertz CT molecular complexity index is 686. The van der Waals surface area contributed by atoms with Gasteiger partial charge in [0.2, 0.25) is 0 Å². The van der Waals surface area contributed by atoms with Gasteiger partial charge in [0.25, 0.3) is 0 Å². The number of ether oxygens (including phenoxy) is 3. The average Bonchev–Trinajstić information content (AvgIpc) is 2.69. The molecule has 0 fully saturated rings. The van der Waals surface area contributed by atoms with Crippen LogP contribution in [0.3, 0.4) is 0 Å². The number of rotatable bonds is 11. The van der Waals surface area contributed by atoms with E-state index in [0.29, 0.717) is 6.61 Å². The fourth-order valence-electron chi connectivity index (χ4n) is 2.60. The fourth-order valence-corrected chi connectivity index (χ4v) is 2.60. The number of aliphatic hydroxyl groups excluding tert-OH is 1. The first-order chi connectivity index (χ1) is 13.1. The van der Waals surface area contributed by atoms with Gasteiger partial charge in [0.1, 0.15) is 12.2 Å². The molecule has 0 heterocycles. The van der Waals surface area contributed by atoms with Crippen LogP contribution in [0, 0.1) is 0 Å². The molecule has 0 amide bonds. The number of carbonyl (C=O) groups excluding carboxylic acids is 1. The summed E-state index contributed by atoms with van der Waals surface area (Å²) >= 11 is 0. The van der Waals surface area contributed by atoms with Gasteiger partial charge in [-0.15, -0.1) is 6.58 Å². The third kappa shape index (κ3) is 7.35. The maximum absolute atomic E-state index is 11.5. The van der Waals surface area contributed by atoms with E-state index in [1.54, 1.807) is 0 Å². The van der Waals surface area contributed by atoms with E-state index in [1.807, 2.05) is 60.7 Å². The van der Waals surface area contributed by atoms with Crippen LogP contribution in [0.25, 0.3) is 0 Å². The van der Waals surface area contributed by atoms with Gasteiger partial charge >= 0.3 is 5.97 Å². The molecule has 1 N–H and O–H groups in total. The molecular formula is C22H26O5. The van der Waals surface area contributed by atoms with Crippen LogP contribution in [-0.2, 0) is 32.2 Å². The maximum atomic E-state index is 11.5. The Balaban J connectivity index is 2.02. The van der Waals surface area contributed by atoms with E-state index in [1.165, 1.54) is 13.0 Å². The van der Waals surface area contributed by atoms with E-state index < -0.39 is 24.3 Å². The minimum atomic E-state index is -1.00. The van der Waals surface area contributed by atoms with Gasteiger partial charge in [0, 0.05) is 6.92 Å². The second kappa shape index (κ2) is 11.3. The molecule has 0 saturated carbocycles. The second-order valence-electron chi connectivity index (χ2n) is 6.14. The lowest BCUT2D eigenvalue weighted by Gasteiger charge is -2.29. The lowest BCUT2D eigenvalue weighted by atomic mass is 10.1. The summed E-state index contributed by atoms with van der Waals surface area (Å²) in [6.45, 7) is 5.67. The Morgan fingerprint density at radius 1 is 1.04 bits per heavy atom. The molecule has 0 spiro atoms. The summed E-state index contributed by atoms with van der Waals surface area (Å²) in [5.41, 5.74) is 1.95.